The highest BCUT2D eigenvalue weighted by molar-refractivity contribution is 9.10. The van der Waals surface area contributed by atoms with Crippen molar-refractivity contribution in [1.29, 1.82) is 0 Å². The van der Waals surface area contributed by atoms with Gasteiger partial charge in [-0.15, -0.1) is 0 Å². The van der Waals surface area contributed by atoms with Gasteiger partial charge in [-0.1, -0.05) is 29.8 Å². The predicted molar refractivity (Wildman–Crippen MR) is 100 cm³/mol. The maximum absolute atomic E-state index is 12.7. The van der Waals surface area contributed by atoms with Crippen LogP contribution >= 0.6 is 15.9 Å². The van der Waals surface area contributed by atoms with Crippen LogP contribution < -0.4 is 0 Å². The first-order valence-corrected chi connectivity index (χ1v) is 8.87. The Bertz CT molecular complexity index is 881. The van der Waals surface area contributed by atoms with Crippen LogP contribution in [0.3, 0.4) is 0 Å². The van der Waals surface area contributed by atoms with E-state index in [-0.39, 0.29) is 5.91 Å². The Balaban J connectivity index is 1.76. The fraction of sp³-hybridized carbons (Fsp3) is 0.278. The summed E-state index contributed by atoms with van der Waals surface area (Å²) in [7, 11) is 1.77. The SMILES string of the molecule is CCn1ncc(Br)c1CN(C)C(=O)c1cc(-c2ccc(C)cc2)n[nH]1. The quantitative estimate of drug-likeness (QED) is 0.709. The van der Waals surface area contributed by atoms with Crippen LogP contribution in [0.15, 0.2) is 41.0 Å². The van der Waals surface area contributed by atoms with Crippen molar-refractivity contribution in [2.75, 3.05) is 7.05 Å². The van der Waals surface area contributed by atoms with Gasteiger partial charge in [-0.3, -0.25) is 14.6 Å². The number of amides is 1. The van der Waals surface area contributed by atoms with Crippen LogP contribution in [0.4, 0.5) is 0 Å². The van der Waals surface area contributed by atoms with Crippen LogP contribution in [-0.4, -0.2) is 37.8 Å². The van der Waals surface area contributed by atoms with E-state index >= 15 is 0 Å². The van der Waals surface area contributed by atoms with Crippen LogP contribution in [0.2, 0.25) is 0 Å². The normalized spacial score (nSPS) is 10.9. The molecule has 6 nitrogen and oxygen atoms in total. The zero-order valence-electron chi connectivity index (χ0n) is 14.5. The molecule has 0 aliphatic heterocycles. The molecule has 3 rings (SSSR count). The van der Waals surface area contributed by atoms with Crippen molar-refractivity contribution in [3.8, 4) is 11.3 Å². The number of aromatic nitrogens is 4. The highest BCUT2D eigenvalue weighted by Gasteiger charge is 2.18. The maximum Gasteiger partial charge on any atom is 0.271 e. The number of aromatic amines is 1. The van der Waals surface area contributed by atoms with Gasteiger partial charge >= 0.3 is 0 Å². The van der Waals surface area contributed by atoms with Crippen LogP contribution in [0.1, 0.15) is 28.7 Å². The number of hydrogen-bond donors (Lipinski definition) is 1. The minimum atomic E-state index is -0.110. The molecule has 0 fully saturated rings. The molecule has 0 saturated heterocycles. The van der Waals surface area contributed by atoms with Gasteiger partial charge in [0.25, 0.3) is 5.91 Å². The van der Waals surface area contributed by atoms with E-state index < -0.39 is 0 Å². The van der Waals surface area contributed by atoms with E-state index in [1.165, 1.54) is 5.56 Å². The number of nitrogens with zero attached hydrogens (tertiary/aromatic N) is 4. The van der Waals surface area contributed by atoms with Gasteiger partial charge in [-0.25, -0.2) is 0 Å². The van der Waals surface area contributed by atoms with E-state index in [2.05, 4.69) is 31.2 Å². The second-order valence-electron chi connectivity index (χ2n) is 5.95. The van der Waals surface area contributed by atoms with E-state index in [4.69, 9.17) is 0 Å². The number of H-pyrrole nitrogens is 1. The summed E-state index contributed by atoms with van der Waals surface area (Å²) >= 11 is 3.49. The number of aryl methyl sites for hydroxylation is 2. The molecule has 2 aromatic heterocycles. The van der Waals surface area contributed by atoms with Gasteiger partial charge in [0.1, 0.15) is 5.69 Å². The molecule has 1 aromatic carbocycles. The molecule has 0 atom stereocenters. The second-order valence-corrected chi connectivity index (χ2v) is 6.80. The number of benzene rings is 1. The fourth-order valence-electron chi connectivity index (χ4n) is 2.62. The second kappa shape index (κ2) is 7.23. The number of halogens is 1. The number of carbonyl (C=O) groups excluding carboxylic acids is 1. The molecule has 25 heavy (non-hydrogen) atoms. The van der Waals surface area contributed by atoms with E-state index in [0.717, 1.165) is 28.0 Å². The van der Waals surface area contributed by atoms with Crippen molar-refractivity contribution >= 4 is 21.8 Å². The molecule has 0 unspecified atom stereocenters. The Morgan fingerprint density at radius 1 is 1.32 bits per heavy atom. The van der Waals surface area contributed by atoms with Crippen molar-refractivity contribution in [2.45, 2.75) is 26.9 Å². The minimum Gasteiger partial charge on any atom is -0.334 e. The van der Waals surface area contributed by atoms with Crippen molar-refractivity contribution in [1.82, 2.24) is 24.9 Å². The third-order valence-corrected chi connectivity index (χ3v) is 4.75. The number of nitrogens with one attached hydrogen (secondary N) is 1. The molecular formula is C18H20BrN5O. The molecular weight excluding hydrogens is 382 g/mol. The van der Waals surface area contributed by atoms with Gasteiger partial charge in [-0.05, 0) is 35.8 Å². The highest BCUT2D eigenvalue weighted by atomic mass is 79.9. The van der Waals surface area contributed by atoms with Crippen molar-refractivity contribution < 1.29 is 4.79 Å². The van der Waals surface area contributed by atoms with Crippen LogP contribution in [-0.2, 0) is 13.1 Å². The lowest BCUT2D eigenvalue weighted by Gasteiger charge is -2.17. The Hall–Kier alpha value is -2.41. The molecule has 130 valence electrons. The Morgan fingerprint density at radius 3 is 2.72 bits per heavy atom. The van der Waals surface area contributed by atoms with E-state index in [9.17, 15) is 4.79 Å². The first-order chi connectivity index (χ1) is 12.0. The average molecular weight is 402 g/mol. The topological polar surface area (TPSA) is 66.8 Å². The molecule has 0 aliphatic rings. The summed E-state index contributed by atoms with van der Waals surface area (Å²) in [4.78, 5) is 14.3. The molecule has 0 saturated carbocycles. The summed E-state index contributed by atoms with van der Waals surface area (Å²) in [5.41, 5.74) is 4.37. The smallest absolute Gasteiger partial charge is 0.271 e. The molecule has 0 bridgehead atoms. The summed E-state index contributed by atoms with van der Waals surface area (Å²) < 4.78 is 2.78. The lowest BCUT2D eigenvalue weighted by Crippen LogP contribution is -2.28. The van der Waals surface area contributed by atoms with Crippen molar-refractivity contribution in [3.63, 3.8) is 0 Å². The molecule has 1 N–H and O–H groups in total. The zero-order valence-corrected chi connectivity index (χ0v) is 16.0. The fourth-order valence-corrected chi connectivity index (χ4v) is 3.04. The first kappa shape index (κ1) is 17.4. The van der Waals surface area contributed by atoms with Crippen LogP contribution in [0.5, 0.6) is 0 Å². The molecule has 0 radical (unpaired) electrons. The van der Waals surface area contributed by atoms with E-state index in [1.807, 2.05) is 42.8 Å². The molecule has 7 heteroatoms. The Labute approximate surface area is 155 Å². The number of carbonyl (C=O) groups is 1. The number of rotatable bonds is 5. The summed E-state index contributed by atoms with van der Waals surface area (Å²) in [5, 5.41) is 11.4. The summed E-state index contributed by atoms with van der Waals surface area (Å²) in [6.07, 6.45) is 1.75. The van der Waals surface area contributed by atoms with E-state index in [1.54, 1.807) is 24.2 Å². The molecule has 2 heterocycles. The van der Waals surface area contributed by atoms with Gasteiger partial charge in [0.15, 0.2) is 0 Å². The molecule has 0 aliphatic carbocycles. The average Bonchev–Trinajstić information content (AvgIpc) is 3.23. The van der Waals surface area contributed by atoms with Crippen molar-refractivity contribution in [2.24, 2.45) is 0 Å². The van der Waals surface area contributed by atoms with Gasteiger partial charge in [0.2, 0.25) is 0 Å². The third kappa shape index (κ3) is 3.66. The lowest BCUT2D eigenvalue weighted by atomic mass is 10.1. The first-order valence-electron chi connectivity index (χ1n) is 8.07. The third-order valence-electron chi connectivity index (χ3n) is 4.09. The lowest BCUT2D eigenvalue weighted by molar-refractivity contribution is 0.0775. The van der Waals surface area contributed by atoms with Crippen LogP contribution in [0.25, 0.3) is 11.3 Å². The monoisotopic (exact) mass is 401 g/mol. The van der Waals surface area contributed by atoms with Gasteiger partial charge in [-0.2, -0.15) is 10.2 Å². The minimum absolute atomic E-state index is 0.110. The van der Waals surface area contributed by atoms with Crippen molar-refractivity contribution in [3.05, 3.63) is 58.0 Å². The predicted octanol–water partition coefficient (Wildman–Crippen LogP) is 3.64. The summed E-state index contributed by atoms with van der Waals surface area (Å²) in [6, 6.07) is 9.85. The largest absolute Gasteiger partial charge is 0.334 e. The molecule has 3 aromatic rings. The van der Waals surface area contributed by atoms with Gasteiger partial charge in [0, 0.05) is 19.2 Å². The van der Waals surface area contributed by atoms with E-state index in [0.29, 0.717) is 12.2 Å². The standard InChI is InChI=1S/C18H20BrN5O/c1-4-24-17(14(19)10-20-24)11-23(3)18(25)16-9-15(21-22-16)13-7-5-12(2)6-8-13/h5-10H,4,11H2,1-3H3,(H,21,22). The van der Waals surface area contributed by atoms with Gasteiger partial charge in [0.05, 0.1) is 28.6 Å². The Kier molecular flexibility index (Phi) is 5.03. The summed E-state index contributed by atoms with van der Waals surface area (Å²) in [5.74, 6) is -0.110. The van der Waals surface area contributed by atoms with Crippen LogP contribution in [0, 0.1) is 6.92 Å². The molecule has 0 spiro atoms. The Morgan fingerprint density at radius 2 is 2.04 bits per heavy atom. The van der Waals surface area contributed by atoms with Gasteiger partial charge < -0.3 is 4.90 Å². The number of hydrogen-bond acceptors (Lipinski definition) is 3. The maximum atomic E-state index is 12.7. The summed E-state index contributed by atoms with van der Waals surface area (Å²) in [6.45, 7) is 5.28. The highest BCUT2D eigenvalue weighted by Crippen LogP contribution is 2.21. The zero-order chi connectivity index (χ0) is 18.0. The molecule has 1 amide bonds.